The van der Waals surface area contributed by atoms with Gasteiger partial charge < -0.3 is 14.6 Å². The molecule has 0 atom stereocenters. The second-order valence-corrected chi connectivity index (χ2v) is 8.38. The molecule has 2 aromatic heterocycles. The normalized spacial score (nSPS) is 11.4. The van der Waals surface area contributed by atoms with E-state index in [9.17, 15) is 4.79 Å². The van der Waals surface area contributed by atoms with Gasteiger partial charge in [0.2, 0.25) is 5.95 Å². The SMILES string of the molecule is C=CCc1c(-c2ccnc(NC)n2)nc(C(C)(C)C)n1CCCCCCC(=O)OC. The van der Waals surface area contributed by atoms with E-state index in [1.807, 2.05) is 19.2 Å². The minimum atomic E-state index is -0.136. The lowest BCUT2D eigenvalue weighted by atomic mass is 9.95. The summed E-state index contributed by atoms with van der Waals surface area (Å²) in [6.45, 7) is 11.4. The van der Waals surface area contributed by atoms with Crippen molar-refractivity contribution >= 4 is 11.9 Å². The minimum absolute atomic E-state index is 0.0993. The van der Waals surface area contributed by atoms with Gasteiger partial charge in [0.25, 0.3) is 0 Å². The molecule has 0 amide bonds. The summed E-state index contributed by atoms with van der Waals surface area (Å²) in [6.07, 6.45) is 8.83. The van der Waals surface area contributed by atoms with Gasteiger partial charge in [-0.05, 0) is 18.9 Å². The van der Waals surface area contributed by atoms with Crippen LogP contribution in [0.25, 0.3) is 11.4 Å². The van der Waals surface area contributed by atoms with Crippen molar-refractivity contribution in [1.29, 1.82) is 0 Å². The van der Waals surface area contributed by atoms with Gasteiger partial charge in [0.15, 0.2) is 0 Å². The first kappa shape index (κ1) is 23.6. The summed E-state index contributed by atoms with van der Waals surface area (Å²) in [5.41, 5.74) is 2.74. The standard InChI is InChI=1S/C23H35N5O2/c1-7-12-18-20(17-14-15-25-22(24-5)26-17)27-21(23(2,3)4)28(18)16-11-9-8-10-13-19(29)30-6/h7,14-15H,1,8-13,16H2,2-6H3,(H,24,25,26). The molecule has 0 aliphatic carbocycles. The monoisotopic (exact) mass is 413 g/mol. The van der Waals surface area contributed by atoms with Gasteiger partial charge in [-0.15, -0.1) is 6.58 Å². The highest BCUT2D eigenvalue weighted by atomic mass is 16.5. The lowest BCUT2D eigenvalue weighted by Gasteiger charge is -2.21. The predicted octanol–water partition coefficient (Wildman–Crippen LogP) is 4.53. The molecule has 0 spiro atoms. The van der Waals surface area contributed by atoms with E-state index in [4.69, 9.17) is 9.72 Å². The predicted molar refractivity (Wildman–Crippen MR) is 121 cm³/mol. The summed E-state index contributed by atoms with van der Waals surface area (Å²) in [5.74, 6) is 1.49. The second kappa shape index (κ2) is 10.9. The molecule has 2 rings (SSSR count). The lowest BCUT2D eigenvalue weighted by molar-refractivity contribution is -0.140. The number of esters is 1. The Morgan fingerprint density at radius 1 is 1.23 bits per heavy atom. The molecule has 1 N–H and O–H groups in total. The van der Waals surface area contributed by atoms with Gasteiger partial charge in [0, 0.05) is 38.0 Å². The molecule has 0 unspecified atom stereocenters. The molecule has 2 aromatic rings. The van der Waals surface area contributed by atoms with Crippen LogP contribution in [0, 0.1) is 0 Å². The number of aromatic nitrogens is 4. The highest BCUT2D eigenvalue weighted by Gasteiger charge is 2.26. The Labute approximate surface area is 180 Å². The summed E-state index contributed by atoms with van der Waals surface area (Å²) in [7, 11) is 3.24. The zero-order chi connectivity index (χ0) is 22.1. The van der Waals surface area contributed by atoms with Crippen molar-refractivity contribution in [3.05, 3.63) is 36.4 Å². The van der Waals surface area contributed by atoms with Crippen LogP contribution in [-0.2, 0) is 27.9 Å². The van der Waals surface area contributed by atoms with Crippen molar-refractivity contribution in [2.45, 2.75) is 71.3 Å². The number of methoxy groups -OCH3 is 1. The molecule has 0 aromatic carbocycles. The quantitative estimate of drug-likeness (QED) is 0.331. The van der Waals surface area contributed by atoms with E-state index < -0.39 is 0 Å². The molecule has 0 aliphatic heterocycles. The van der Waals surface area contributed by atoms with Crippen molar-refractivity contribution < 1.29 is 9.53 Å². The van der Waals surface area contributed by atoms with Crippen LogP contribution < -0.4 is 5.32 Å². The van der Waals surface area contributed by atoms with E-state index in [-0.39, 0.29) is 11.4 Å². The zero-order valence-corrected chi connectivity index (χ0v) is 19.0. The Kier molecular flexibility index (Phi) is 8.57. The van der Waals surface area contributed by atoms with E-state index in [0.717, 1.165) is 61.6 Å². The first-order valence-electron chi connectivity index (χ1n) is 10.6. The van der Waals surface area contributed by atoms with Crippen molar-refractivity contribution in [1.82, 2.24) is 19.5 Å². The van der Waals surface area contributed by atoms with E-state index >= 15 is 0 Å². The number of nitrogens with one attached hydrogen (secondary N) is 1. The van der Waals surface area contributed by atoms with Crippen molar-refractivity contribution in [2.24, 2.45) is 0 Å². The fourth-order valence-electron chi connectivity index (χ4n) is 3.45. The molecule has 0 bridgehead atoms. The highest BCUT2D eigenvalue weighted by molar-refractivity contribution is 5.69. The Hall–Kier alpha value is -2.70. The maximum Gasteiger partial charge on any atom is 0.305 e. The van der Waals surface area contributed by atoms with Gasteiger partial charge in [0.05, 0.1) is 18.5 Å². The van der Waals surface area contributed by atoms with E-state index in [1.54, 1.807) is 6.20 Å². The largest absolute Gasteiger partial charge is 0.469 e. The molecule has 7 heteroatoms. The van der Waals surface area contributed by atoms with Crippen LogP contribution in [-0.4, -0.2) is 39.6 Å². The molecule has 0 saturated carbocycles. The summed E-state index contributed by atoms with van der Waals surface area (Å²) in [6, 6.07) is 1.90. The van der Waals surface area contributed by atoms with Gasteiger partial charge in [-0.2, -0.15) is 0 Å². The van der Waals surface area contributed by atoms with Gasteiger partial charge in [0.1, 0.15) is 11.5 Å². The lowest BCUT2D eigenvalue weighted by Crippen LogP contribution is -2.20. The van der Waals surface area contributed by atoms with Crippen LogP contribution in [0.2, 0.25) is 0 Å². The number of allylic oxidation sites excluding steroid dienone is 1. The molecule has 0 aliphatic rings. The molecule has 164 valence electrons. The van der Waals surface area contributed by atoms with Crippen molar-refractivity contribution in [3.63, 3.8) is 0 Å². The maximum atomic E-state index is 11.3. The van der Waals surface area contributed by atoms with Crippen LogP contribution in [0.5, 0.6) is 0 Å². The van der Waals surface area contributed by atoms with Gasteiger partial charge >= 0.3 is 5.97 Å². The van der Waals surface area contributed by atoms with Crippen molar-refractivity contribution in [3.8, 4) is 11.4 Å². The second-order valence-electron chi connectivity index (χ2n) is 8.38. The van der Waals surface area contributed by atoms with Gasteiger partial charge in [-0.25, -0.2) is 15.0 Å². The van der Waals surface area contributed by atoms with Crippen LogP contribution in [0.4, 0.5) is 5.95 Å². The number of carbonyl (C=O) groups excluding carboxylic acids is 1. The molecule has 7 nitrogen and oxygen atoms in total. The van der Waals surface area contributed by atoms with E-state index in [0.29, 0.717) is 12.4 Å². The number of imidazole rings is 1. The molecule has 0 radical (unpaired) electrons. The molecule has 2 heterocycles. The molecule has 0 saturated heterocycles. The van der Waals surface area contributed by atoms with Crippen LogP contribution >= 0.6 is 0 Å². The number of hydrogen-bond donors (Lipinski definition) is 1. The fourth-order valence-corrected chi connectivity index (χ4v) is 3.45. The van der Waals surface area contributed by atoms with Crippen LogP contribution in [0.1, 0.15) is 64.4 Å². The molecular weight excluding hydrogens is 378 g/mol. The number of nitrogens with zero attached hydrogens (tertiary/aromatic N) is 4. The first-order chi connectivity index (χ1) is 14.3. The third-order valence-corrected chi connectivity index (χ3v) is 4.94. The highest BCUT2D eigenvalue weighted by Crippen LogP contribution is 2.31. The Bertz CT molecular complexity index is 852. The van der Waals surface area contributed by atoms with Gasteiger partial charge in [-0.3, -0.25) is 4.79 Å². The van der Waals surface area contributed by atoms with Crippen LogP contribution in [0.3, 0.4) is 0 Å². The van der Waals surface area contributed by atoms with Gasteiger partial charge in [-0.1, -0.05) is 39.7 Å². The Balaban J connectivity index is 2.27. The first-order valence-corrected chi connectivity index (χ1v) is 10.6. The molecule has 30 heavy (non-hydrogen) atoms. The number of anilines is 1. The van der Waals surface area contributed by atoms with Crippen LogP contribution in [0.15, 0.2) is 24.9 Å². The fraction of sp³-hybridized carbons (Fsp3) is 0.565. The molecular formula is C23H35N5O2. The number of rotatable bonds is 11. The summed E-state index contributed by atoms with van der Waals surface area (Å²) >= 11 is 0. The third-order valence-electron chi connectivity index (χ3n) is 4.94. The maximum absolute atomic E-state index is 11.3. The number of hydrogen-bond acceptors (Lipinski definition) is 6. The van der Waals surface area contributed by atoms with E-state index in [1.165, 1.54) is 7.11 Å². The summed E-state index contributed by atoms with van der Waals surface area (Å²) < 4.78 is 7.04. The minimum Gasteiger partial charge on any atom is -0.469 e. The zero-order valence-electron chi connectivity index (χ0n) is 19.0. The Morgan fingerprint density at radius 2 is 1.97 bits per heavy atom. The topological polar surface area (TPSA) is 81.9 Å². The molecule has 0 fully saturated rings. The number of unbranched alkanes of at least 4 members (excludes halogenated alkanes) is 3. The summed E-state index contributed by atoms with van der Waals surface area (Å²) in [5, 5.41) is 3.00. The number of carbonyl (C=O) groups is 1. The van der Waals surface area contributed by atoms with E-state index in [2.05, 4.69) is 47.2 Å². The smallest absolute Gasteiger partial charge is 0.305 e. The summed E-state index contributed by atoms with van der Waals surface area (Å²) in [4.78, 5) is 25.1. The third kappa shape index (κ3) is 6.15. The van der Waals surface area contributed by atoms with Crippen molar-refractivity contribution in [2.75, 3.05) is 19.5 Å². The average molecular weight is 414 g/mol. The average Bonchev–Trinajstić information content (AvgIpc) is 3.09. The number of ether oxygens (including phenoxy) is 1. The Morgan fingerprint density at radius 3 is 2.60 bits per heavy atom.